The number of benzene rings is 3. The van der Waals surface area contributed by atoms with Crippen LogP contribution in [-0.4, -0.2) is 76.1 Å². The van der Waals surface area contributed by atoms with Gasteiger partial charge in [-0.15, -0.1) is 0 Å². The van der Waals surface area contributed by atoms with Crippen molar-refractivity contribution in [2.45, 2.75) is 13.2 Å². The zero-order valence-electron chi connectivity index (χ0n) is 21.8. The molecule has 0 bridgehead atoms. The lowest BCUT2D eigenvalue weighted by atomic mass is 10.1. The molecule has 2 N–H and O–H groups in total. The number of carbonyl (C=O) groups is 3. The maximum Gasteiger partial charge on any atom is 0.414 e. The lowest BCUT2D eigenvalue weighted by Crippen LogP contribution is -2.48. The summed E-state index contributed by atoms with van der Waals surface area (Å²) in [5.41, 5.74) is 2.64. The molecule has 40 heavy (non-hydrogen) atoms. The fourth-order valence-electron chi connectivity index (χ4n) is 3.94. The van der Waals surface area contributed by atoms with Crippen molar-refractivity contribution >= 4 is 23.5 Å². The molecule has 4 rings (SSSR count). The number of methoxy groups -OCH3 is 1. The number of nitrogens with zero attached hydrogens (tertiary/aromatic N) is 3. The van der Waals surface area contributed by atoms with Crippen molar-refractivity contribution in [3.05, 3.63) is 99.6 Å². The summed E-state index contributed by atoms with van der Waals surface area (Å²) in [6.45, 7) is 3.89. The van der Waals surface area contributed by atoms with Gasteiger partial charge in [0.25, 0.3) is 11.6 Å². The van der Waals surface area contributed by atoms with Crippen LogP contribution in [0.2, 0.25) is 0 Å². The number of carboxylic acid groups (broad SMARTS) is 2. The zero-order chi connectivity index (χ0) is 29.1. The molecule has 1 heterocycles. The van der Waals surface area contributed by atoms with Crippen molar-refractivity contribution in [3.63, 3.8) is 0 Å². The van der Waals surface area contributed by atoms with E-state index in [1.165, 1.54) is 24.3 Å². The number of amides is 1. The Morgan fingerprint density at radius 2 is 1.48 bits per heavy atom. The summed E-state index contributed by atoms with van der Waals surface area (Å²) in [6, 6.07) is 21.7. The first-order valence-corrected chi connectivity index (χ1v) is 12.2. The van der Waals surface area contributed by atoms with Gasteiger partial charge >= 0.3 is 11.9 Å². The van der Waals surface area contributed by atoms with Crippen LogP contribution in [0.5, 0.6) is 11.5 Å². The van der Waals surface area contributed by atoms with E-state index in [-0.39, 0.29) is 11.6 Å². The third-order valence-electron chi connectivity index (χ3n) is 6.04. The number of rotatable bonds is 8. The first-order chi connectivity index (χ1) is 19.2. The van der Waals surface area contributed by atoms with Gasteiger partial charge in [-0.05, 0) is 35.4 Å². The molecule has 3 aromatic rings. The van der Waals surface area contributed by atoms with Gasteiger partial charge in [0.1, 0.15) is 6.61 Å². The van der Waals surface area contributed by atoms with E-state index in [2.05, 4.69) is 4.90 Å². The fraction of sp³-hybridized carbons (Fsp3) is 0.250. The number of hydrogen-bond acceptors (Lipinski definition) is 8. The predicted octanol–water partition coefficient (Wildman–Crippen LogP) is 3.30. The third kappa shape index (κ3) is 8.53. The van der Waals surface area contributed by atoms with Gasteiger partial charge in [-0.2, -0.15) is 0 Å². The van der Waals surface area contributed by atoms with Crippen molar-refractivity contribution in [1.82, 2.24) is 9.80 Å². The molecule has 1 aliphatic rings. The van der Waals surface area contributed by atoms with Gasteiger partial charge in [-0.25, -0.2) is 9.59 Å². The number of ether oxygens (including phenoxy) is 2. The Morgan fingerprint density at radius 3 is 2.02 bits per heavy atom. The number of aliphatic carboxylic acids is 2. The summed E-state index contributed by atoms with van der Waals surface area (Å²) in [6.07, 6.45) is 0. The minimum atomic E-state index is -1.82. The van der Waals surface area contributed by atoms with E-state index in [1.54, 1.807) is 12.0 Å². The van der Waals surface area contributed by atoms with E-state index < -0.39 is 16.9 Å². The number of carboxylic acids is 2. The van der Waals surface area contributed by atoms with Crippen LogP contribution in [0.25, 0.3) is 0 Å². The number of carbonyl (C=O) groups excluding carboxylic acids is 1. The number of non-ortho nitro benzene ring substituents is 1. The predicted molar refractivity (Wildman–Crippen MR) is 143 cm³/mol. The molecule has 0 atom stereocenters. The van der Waals surface area contributed by atoms with Crippen LogP contribution < -0.4 is 9.47 Å². The van der Waals surface area contributed by atoms with Crippen molar-refractivity contribution in [1.29, 1.82) is 0 Å². The van der Waals surface area contributed by atoms with Crippen LogP contribution in [0.4, 0.5) is 5.69 Å². The molecule has 0 saturated carbocycles. The van der Waals surface area contributed by atoms with E-state index in [1.807, 2.05) is 48.5 Å². The van der Waals surface area contributed by atoms with Crippen LogP contribution in [0.15, 0.2) is 72.8 Å². The van der Waals surface area contributed by atoms with E-state index >= 15 is 0 Å². The maximum absolute atomic E-state index is 12.8. The molecule has 1 aliphatic heterocycles. The summed E-state index contributed by atoms with van der Waals surface area (Å²) >= 11 is 0. The highest BCUT2D eigenvalue weighted by Gasteiger charge is 2.23. The molecular weight excluding hydrogens is 522 g/mol. The Morgan fingerprint density at radius 1 is 0.850 bits per heavy atom. The monoisotopic (exact) mass is 551 g/mol. The second-order valence-corrected chi connectivity index (χ2v) is 8.74. The second-order valence-electron chi connectivity index (χ2n) is 8.74. The normalized spacial score (nSPS) is 13.0. The van der Waals surface area contributed by atoms with Crippen LogP contribution in [0.1, 0.15) is 21.5 Å². The Bertz CT molecular complexity index is 1310. The number of piperazine rings is 1. The van der Waals surface area contributed by atoms with E-state index in [0.717, 1.165) is 30.8 Å². The minimum Gasteiger partial charge on any atom is -0.493 e. The third-order valence-corrected chi connectivity index (χ3v) is 6.04. The zero-order valence-corrected chi connectivity index (χ0v) is 21.8. The second kappa shape index (κ2) is 14.3. The molecule has 0 spiro atoms. The molecule has 210 valence electrons. The van der Waals surface area contributed by atoms with Crippen LogP contribution in [0.3, 0.4) is 0 Å². The number of nitro groups is 1. The standard InChI is InChI=1S/C26H27N3O5.C2H2O4/c1-33-24-12-7-21(17-25(24)34-19-20-5-3-2-4-6-20)18-27-13-15-28(16-14-27)26(30)22-8-10-23(11-9-22)29(31)32;3-1(4)2(5)6/h2-12,17H,13-16,18-19H2,1H3;(H,3,4)(H,5,6). The highest BCUT2D eigenvalue weighted by atomic mass is 16.6. The summed E-state index contributed by atoms with van der Waals surface area (Å²) in [4.78, 5) is 45.4. The smallest absolute Gasteiger partial charge is 0.414 e. The van der Waals surface area contributed by atoms with E-state index in [0.29, 0.717) is 36.8 Å². The van der Waals surface area contributed by atoms with Crippen molar-refractivity contribution in [3.8, 4) is 11.5 Å². The maximum atomic E-state index is 12.8. The van der Waals surface area contributed by atoms with Crippen molar-refractivity contribution < 1.29 is 39.0 Å². The molecule has 12 heteroatoms. The summed E-state index contributed by atoms with van der Waals surface area (Å²) in [5.74, 6) is -2.35. The molecule has 0 aromatic heterocycles. The molecule has 1 fully saturated rings. The highest BCUT2D eigenvalue weighted by molar-refractivity contribution is 6.27. The van der Waals surface area contributed by atoms with E-state index in [9.17, 15) is 14.9 Å². The van der Waals surface area contributed by atoms with Crippen LogP contribution >= 0.6 is 0 Å². The largest absolute Gasteiger partial charge is 0.493 e. The number of hydrogen-bond donors (Lipinski definition) is 2. The van der Waals surface area contributed by atoms with Crippen LogP contribution in [-0.2, 0) is 22.7 Å². The summed E-state index contributed by atoms with van der Waals surface area (Å²) in [7, 11) is 1.63. The van der Waals surface area contributed by atoms with Crippen molar-refractivity contribution in [2.24, 2.45) is 0 Å². The van der Waals surface area contributed by atoms with Gasteiger partial charge in [-0.1, -0.05) is 36.4 Å². The fourth-order valence-corrected chi connectivity index (χ4v) is 3.94. The van der Waals surface area contributed by atoms with Crippen molar-refractivity contribution in [2.75, 3.05) is 33.3 Å². The van der Waals surface area contributed by atoms with Gasteiger partial charge in [0.2, 0.25) is 0 Å². The molecule has 1 saturated heterocycles. The van der Waals surface area contributed by atoms with Gasteiger partial charge in [0, 0.05) is 50.4 Å². The average molecular weight is 552 g/mol. The molecule has 1 amide bonds. The van der Waals surface area contributed by atoms with Gasteiger partial charge < -0.3 is 24.6 Å². The first-order valence-electron chi connectivity index (χ1n) is 12.2. The number of nitro benzene ring substituents is 1. The highest BCUT2D eigenvalue weighted by Crippen LogP contribution is 2.29. The molecule has 0 unspecified atom stereocenters. The summed E-state index contributed by atoms with van der Waals surface area (Å²) in [5, 5.41) is 25.6. The van der Waals surface area contributed by atoms with Gasteiger partial charge in [-0.3, -0.25) is 19.8 Å². The molecule has 12 nitrogen and oxygen atoms in total. The average Bonchev–Trinajstić information content (AvgIpc) is 2.97. The quantitative estimate of drug-likeness (QED) is 0.242. The van der Waals surface area contributed by atoms with Crippen LogP contribution in [0, 0.1) is 10.1 Å². The molecule has 0 radical (unpaired) electrons. The van der Waals surface area contributed by atoms with Gasteiger partial charge in [0.05, 0.1) is 12.0 Å². The first kappa shape index (κ1) is 29.6. The SMILES string of the molecule is COc1ccc(CN2CCN(C(=O)c3ccc([N+](=O)[O-])cc3)CC2)cc1OCc1ccccc1.O=C(O)C(=O)O. The lowest BCUT2D eigenvalue weighted by molar-refractivity contribution is -0.384. The molecular formula is C28H29N3O9. The van der Waals surface area contributed by atoms with E-state index in [4.69, 9.17) is 29.3 Å². The summed E-state index contributed by atoms with van der Waals surface area (Å²) < 4.78 is 11.5. The Balaban J connectivity index is 0.000000663. The molecule has 0 aliphatic carbocycles. The minimum absolute atomic E-state index is 0.0204. The Kier molecular flexibility index (Phi) is 10.5. The Hall–Kier alpha value is -4.97. The topological polar surface area (TPSA) is 160 Å². The molecule has 3 aromatic carbocycles. The van der Waals surface area contributed by atoms with Gasteiger partial charge in [0.15, 0.2) is 11.5 Å². The Labute approximate surface area is 230 Å². The lowest BCUT2D eigenvalue weighted by Gasteiger charge is -2.34.